The first-order valence-electron chi connectivity index (χ1n) is 10.1. The Hall–Kier alpha value is -3.16. The maximum atomic E-state index is 8.57. The summed E-state index contributed by atoms with van der Waals surface area (Å²) in [6.45, 7) is 0. The Balaban J connectivity index is 0.000000806. The van der Waals surface area contributed by atoms with Gasteiger partial charge in [-0.05, 0) is 64.2 Å². The fraction of sp³-hybridized carbons (Fsp3) is 0.107. The van der Waals surface area contributed by atoms with Crippen molar-refractivity contribution in [3.63, 3.8) is 0 Å². The standard InChI is InChI=1S/C27H24.CHClO/c1-4-11-22(12-5-1)19-25-17-10-18-26(20-23-13-6-2-7-14-23)27(25)21-24-15-8-3-9-16-24;2-1-3/h1-18H,19-21H2;1H. The molecule has 0 aromatic heterocycles. The molecule has 0 amide bonds. The highest BCUT2D eigenvalue weighted by molar-refractivity contribution is 6.54. The molecule has 0 radical (unpaired) electrons. The summed E-state index contributed by atoms with van der Waals surface area (Å²) in [5.41, 5.74) is 8.42. The summed E-state index contributed by atoms with van der Waals surface area (Å²) >= 11 is 4.32. The van der Waals surface area contributed by atoms with Gasteiger partial charge in [-0.3, -0.25) is 4.79 Å². The van der Waals surface area contributed by atoms with Crippen LogP contribution in [0.1, 0.15) is 33.4 Å². The van der Waals surface area contributed by atoms with Crippen molar-refractivity contribution < 1.29 is 4.79 Å². The normalized spacial score (nSPS) is 10.0. The Kier molecular flexibility index (Phi) is 8.44. The number of halogens is 1. The van der Waals surface area contributed by atoms with Gasteiger partial charge in [0.1, 0.15) is 0 Å². The first kappa shape index (κ1) is 21.5. The second-order valence-electron chi connectivity index (χ2n) is 7.13. The van der Waals surface area contributed by atoms with Crippen LogP contribution in [0.25, 0.3) is 0 Å². The molecule has 0 saturated heterocycles. The summed E-state index contributed by atoms with van der Waals surface area (Å²) in [4.78, 5) is 8.57. The Bertz CT molecular complexity index is 968. The molecule has 0 unspecified atom stereocenters. The van der Waals surface area contributed by atoms with Gasteiger partial charge in [-0.2, -0.15) is 0 Å². The summed E-state index contributed by atoms with van der Waals surface area (Å²) in [6.07, 6.45) is 2.93. The van der Waals surface area contributed by atoms with Crippen LogP contribution in [0.2, 0.25) is 0 Å². The van der Waals surface area contributed by atoms with E-state index in [9.17, 15) is 0 Å². The summed E-state index contributed by atoms with van der Waals surface area (Å²) in [5, 5.41) is 0. The molecule has 0 N–H and O–H groups in total. The molecule has 30 heavy (non-hydrogen) atoms. The minimum absolute atomic E-state index is 0.222. The van der Waals surface area contributed by atoms with Crippen molar-refractivity contribution >= 4 is 17.3 Å². The monoisotopic (exact) mass is 412 g/mol. The van der Waals surface area contributed by atoms with Crippen molar-refractivity contribution in [2.75, 3.05) is 0 Å². The van der Waals surface area contributed by atoms with Crippen molar-refractivity contribution in [3.8, 4) is 0 Å². The summed E-state index contributed by atoms with van der Waals surface area (Å²) in [6, 6.07) is 39.1. The second kappa shape index (κ2) is 11.7. The molecule has 4 aromatic rings. The van der Waals surface area contributed by atoms with Crippen LogP contribution in [0.15, 0.2) is 109 Å². The second-order valence-corrected chi connectivity index (χ2v) is 7.31. The summed E-state index contributed by atoms with van der Waals surface area (Å²) in [7, 11) is 0. The van der Waals surface area contributed by atoms with Crippen molar-refractivity contribution in [1.29, 1.82) is 0 Å². The fourth-order valence-corrected chi connectivity index (χ4v) is 3.68. The molecular weight excluding hydrogens is 388 g/mol. The third-order valence-electron chi connectivity index (χ3n) is 5.07. The molecule has 150 valence electrons. The predicted octanol–water partition coefficient (Wildman–Crippen LogP) is 6.87. The summed E-state index contributed by atoms with van der Waals surface area (Å²) in [5.74, 6) is 0.222. The van der Waals surface area contributed by atoms with E-state index in [1.54, 1.807) is 0 Å². The molecule has 0 fully saturated rings. The van der Waals surface area contributed by atoms with Gasteiger partial charge in [-0.1, -0.05) is 109 Å². The Morgan fingerprint density at radius 3 is 1.20 bits per heavy atom. The zero-order chi connectivity index (χ0) is 21.0. The summed E-state index contributed by atoms with van der Waals surface area (Å²) < 4.78 is 0. The molecule has 0 saturated carbocycles. The van der Waals surface area contributed by atoms with Crippen LogP contribution in [0.5, 0.6) is 0 Å². The molecule has 0 atom stereocenters. The molecule has 0 aliphatic heterocycles. The molecular formula is C28H25ClO. The third kappa shape index (κ3) is 6.43. The quantitative estimate of drug-likeness (QED) is 0.249. The van der Waals surface area contributed by atoms with E-state index in [0.29, 0.717) is 0 Å². The minimum Gasteiger partial charge on any atom is -0.285 e. The van der Waals surface area contributed by atoms with E-state index < -0.39 is 0 Å². The van der Waals surface area contributed by atoms with Crippen molar-refractivity contribution in [2.24, 2.45) is 0 Å². The van der Waals surface area contributed by atoms with Gasteiger partial charge in [0.15, 0.2) is 0 Å². The first-order chi connectivity index (χ1) is 14.8. The fourth-order valence-electron chi connectivity index (χ4n) is 3.68. The zero-order valence-electron chi connectivity index (χ0n) is 16.9. The van der Waals surface area contributed by atoms with Crippen LogP contribution in [-0.4, -0.2) is 5.75 Å². The Labute approximate surface area is 184 Å². The Morgan fingerprint density at radius 2 is 0.833 bits per heavy atom. The van der Waals surface area contributed by atoms with Gasteiger partial charge in [0.05, 0.1) is 0 Å². The topological polar surface area (TPSA) is 17.1 Å². The van der Waals surface area contributed by atoms with Gasteiger partial charge in [0.25, 0.3) is 0 Å². The molecule has 0 aliphatic carbocycles. The molecule has 0 bridgehead atoms. The van der Waals surface area contributed by atoms with Crippen molar-refractivity contribution in [2.45, 2.75) is 19.3 Å². The highest BCUT2D eigenvalue weighted by Crippen LogP contribution is 2.24. The first-order valence-corrected chi connectivity index (χ1v) is 10.5. The highest BCUT2D eigenvalue weighted by atomic mass is 35.5. The van der Waals surface area contributed by atoms with E-state index >= 15 is 0 Å². The van der Waals surface area contributed by atoms with Crippen molar-refractivity contribution in [3.05, 3.63) is 143 Å². The molecule has 1 nitrogen and oxygen atoms in total. The van der Waals surface area contributed by atoms with Gasteiger partial charge >= 0.3 is 0 Å². The predicted molar refractivity (Wildman–Crippen MR) is 127 cm³/mol. The molecule has 4 rings (SSSR count). The van der Waals surface area contributed by atoms with Gasteiger partial charge in [-0.15, -0.1) is 0 Å². The van der Waals surface area contributed by atoms with Crippen molar-refractivity contribution in [1.82, 2.24) is 0 Å². The number of rotatable bonds is 6. The average Bonchev–Trinajstić information content (AvgIpc) is 2.79. The molecule has 0 aliphatic rings. The molecule has 0 spiro atoms. The lowest BCUT2D eigenvalue weighted by Crippen LogP contribution is -2.03. The molecule has 4 aromatic carbocycles. The smallest absolute Gasteiger partial charge is 0.208 e. The maximum absolute atomic E-state index is 8.57. The Morgan fingerprint density at radius 1 is 0.500 bits per heavy atom. The average molecular weight is 413 g/mol. The lowest BCUT2D eigenvalue weighted by atomic mass is 9.89. The van der Waals surface area contributed by atoms with Crippen LogP contribution in [-0.2, 0) is 24.1 Å². The largest absolute Gasteiger partial charge is 0.285 e. The van der Waals surface area contributed by atoms with E-state index in [0.717, 1.165) is 19.3 Å². The van der Waals surface area contributed by atoms with E-state index in [2.05, 4.69) is 121 Å². The van der Waals surface area contributed by atoms with E-state index in [-0.39, 0.29) is 5.75 Å². The number of hydrogen-bond acceptors (Lipinski definition) is 1. The maximum Gasteiger partial charge on any atom is 0.208 e. The van der Waals surface area contributed by atoms with Gasteiger partial charge < -0.3 is 0 Å². The van der Waals surface area contributed by atoms with Crippen LogP contribution < -0.4 is 0 Å². The van der Waals surface area contributed by atoms with E-state index in [1.807, 2.05) is 0 Å². The number of benzene rings is 4. The van der Waals surface area contributed by atoms with E-state index in [4.69, 9.17) is 4.79 Å². The van der Waals surface area contributed by atoms with Crippen LogP contribution in [0.4, 0.5) is 0 Å². The van der Waals surface area contributed by atoms with Gasteiger partial charge in [0.2, 0.25) is 5.75 Å². The lowest BCUT2D eigenvalue weighted by Gasteiger charge is -2.16. The van der Waals surface area contributed by atoms with Gasteiger partial charge in [0, 0.05) is 0 Å². The third-order valence-corrected chi connectivity index (χ3v) is 5.07. The van der Waals surface area contributed by atoms with Crippen LogP contribution in [0, 0.1) is 0 Å². The SMILES string of the molecule is O=CCl.c1ccc(Cc2cccc(Cc3ccccc3)c2Cc2ccccc2)cc1. The lowest BCUT2D eigenvalue weighted by molar-refractivity contribution is 0.569. The number of carbonyl (C=O) groups is 1. The molecule has 2 heteroatoms. The van der Waals surface area contributed by atoms with Crippen LogP contribution in [0.3, 0.4) is 0 Å². The molecule has 0 heterocycles. The minimum atomic E-state index is 0.222. The number of carbonyl (C=O) groups excluding carboxylic acids is 1. The van der Waals surface area contributed by atoms with Crippen LogP contribution >= 0.6 is 11.6 Å². The number of hydrogen-bond donors (Lipinski definition) is 0. The van der Waals surface area contributed by atoms with Gasteiger partial charge in [-0.25, -0.2) is 0 Å². The zero-order valence-corrected chi connectivity index (χ0v) is 17.6. The highest BCUT2D eigenvalue weighted by Gasteiger charge is 2.11. The van der Waals surface area contributed by atoms with E-state index in [1.165, 1.54) is 33.4 Å².